The molecule has 1 saturated heterocycles. The van der Waals surface area contributed by atoms with Crippen molar-refractivity contribution in [2.45, 2.75) is 24.7 Å². The van der Waals surface area contributed by atoms with Gasteiger partial charge in [-0.1, -0.05) is 24.6 Å². The summed E-state index contributed by atoms with van der Waals surface area (Å²) in [4.78, 5) is 29.2. The van der Waals surface area contributed by atoms with Crippen LogP contribution >= 0.6 is 0 Å². The van der Waals surface area contributed by atoms with Gasteiger partial charge >= 0.3 is 0 Å². The van der Waals surface area contributed by atoms with E-state index in [1.807, 2.05) is 6.07 Å². The summed E-state index contributed by atoms with van der Waals surface area (Å²) in [6.45, 7) is 1.66. The average Bonchev–Trinajstić information content (AvgIpc) is 2.67. The highest BCUT2D eigenvalue weighted by Crippen LogP contribution is 2.45. The molecule has 2 fully saturated rings. The van der Waals surface area contributed by atoms with Crippen LogP contribution in [0, 0.1) is 11.6 Å². The van der Waals surface area contributed by atoms with E-state index in [1.54, 1.807) is 21.9 Å². The molecule has 4 rings (SSSR count). The highest BCUT2D eigenvalue weighted by atomic mass is 19.1. The number of halogens is 2. The van der Waals surface area contributed by atoms with Crippen LogP contribution in [0.2, 0.25) is 0 Å². The van der Waals surface area contributed by atoms with Gasteiger partial charge in [0.2, 0.25) is 5.91 Å². The third kappa shape index (κ3) is 3.28. The Hall–Kier alpha value is -2.76. The molecule has 0 unspecified atom stereocenters. The molecule has 0 spiro atoms. The van der Waals surface area contributed by atoms with Crippen molar-refractivity contribution in [1.29, 1.82) is 0 Å². The van der Waals surface area contributed by atoms with Crippen molar-refractivity contribution in [3.63, 3.8) is 0 Å². The van der Waals surface area contributed by atoms with E-state index in [-0.39, 0.29) is 17.6 Å². The fourth-order valence-electron chi connectivity index (χ4n) is 4.16. The van der Waals surface area contributed by atoms with Crippen LogP contribution in [0.5, 0.6) is 0 Å². The van der Waals surface area contributed by atoms with Crippen LogP contribution in [-0.4, -0.2) is 47.8 Å². The summed E-state index contributed by atoms with van der Waals surface area (Å²) in [5.41, 5.74) is 0.411. The number of hydrogen-bond acceptors (Lipinski definition) is 2. The standard InChI is InChI=1S/C22H22F2N2O2/c23-18-6-1-4-16(14-18)20(27)25-10-12-26(13-11-25)21(28)22(8-3-9-22)17-5-2-7-19(24)15-17/h1-2,4-7,14-15H,3,8-13H2. The van der Waals surface area contributed by atoms with E-state index in [4.69, 9.17) is 0 Å². The lowest BCUT2D eigenvalue weighted by Gasteiger charge is -2.46. The molecule has 0 bridgehead atoms. The van der Waals surface area contributed by atoms with E-state index < -0.39 is 11.2 Å². The van der Waals surface area contributed by atoms with Crippen LogP contribution in [0.1, 0.15) is 35.2 Å². The summed E-state index contributed by atoms with van der Waals surface area (Å²) in [5, 5.41) is 0. The van der Waals surface area contributed by atoms with Gasteiger partial charge < -0.3 is 9.80 Å². The van der Waals surface area contributed by atoms with Gasteiger partial charge in [0, 0.05) is 31.7 Å². The number of hydrogen-bond donors (Lipinski definition) is 0. The van der Waals surface area contributed by atoms with Gasteiger partial charge in [-0.3, -0.25) is 9.59 Å². The molecule has 2 aromatic rings. The van der Waals surface area contributed by atoms with Crippen LogP contribution < -0.4 is 0 Å². The van der Waals surface area contributed by atoms with Crippen LogP contribution in [0.15, 0.2) is 48.5 Å². The maximum absolute atomic E-state index is 13.7. The minimum Gasteiger partial charge on any atom is -0.338 e. The van der Waals surface area contributed by atoms with E-state index in [9.17, 15) is 18.4 Å². The van der Waals surface area contributed by atoms with E-state index >= 15 is 0 Å². The number of carbonyl (C=O) groups is 2. The van der Waals surface area contributed by atoms with E-state index in [1.165, 1.54) is 30.3 Å². The summed E-state index contributed by atoms with van der Waals surface area (Å²) in [6, 6.07) is 12.0. The summed E-state index contributed by atoms with van der Waals surface area (Å²) in [5.74, 6) is -0.985. The van der Waals surface area contributed by atoms with Gasteiger partial charge in [0.25, 0.3) is 5.91 Å². The molecule has 0 aromatic heterocycles. The average molecular weight is 384 g/mol. The molecule has 2 aromatic carbocycles. The van der Waals surface area contributed by atoms with Crippen LogP contribution in [0.4, 0.5) is 8.78 Å². The molecule has 2 amide bonds. The molecule has 1 heterocycles. The lowest BCUT2D eigenvalue weighted by Crippen LogP contribution is -2.57. The predicted octanol–water partition coefficient (Wildman–Crippen LogP) is 3.37. The molecule has 6 heteroatoms. The first-order chi connectivity index (χ1) is 13.5. The van der Waals surface area contributed by atoms with E-state index in [0.29, 0.717) is 31.7 Å². The summed E-state index contributed by atoms with van der Waals surface area (Å²) >= 11 is 0. The Morgan fingerprint density at radius 3 is 2.00 bits per heavy atom. The Labute approximate surface area is 162 Å². The SMILES string of the molecule is O=C(c1cccc(F)c1)N1CCN(C(=O)C2(c3cccc(F)c3)CCC2)CC1. The predicted molar refractivity (Wildman–Crippen MR) is 101 cm³/mol. The number of piperazine rings is 1. The highest BCUT2D eigenvalue weighted by molar-refractivity contribution is 5.94. The van der Waals surface area contributed by atoms with Crippen molar-refractivity contribution in [2.24, 2.45) is 0 Å². The quantitative estimate of drug-likeness (QED) is 0.814. The molecule has 4 nitrogen and oxygen atoms in total. The summed E-state index contributed by atoms with van der Waals surface area (Å²) in [7, 11) is 0. The third-order valence-corrected chi connectivity index (χ3v) is 5.92. The van der Waals surface area contributed by atoms with Crippen LogP contribution in [-0.2, 0) is 10.2 Å². The Morgan fingerprint density at radius 1 is 0.821 bits per heavy atom. The Morgan fingerprint density at radius 2 is 1.43 bits per heavy atom. The second-order valence-electron chi connectivity index (χ2n) is 7.54. The fraction of sp³-hybridized carbons (Fsp3) is 0.364. The molecule has 0 atom stereocenters. The van der Waals surface area contributed by atoms with Gasteiger partial charge in [-0.05, 0) is 48.7 Å². The van der Waals surface area contributed by atoms with Crippen molar-refractivity contribution in [1.82, 2.24) is 9.80 Å². The zero-order chi connectivity index (χ0) is 19.7. The number of amides is 2. The molecule has 1 aliphatic carbocycles. The number of nitrogens with zero attached hydrogens (tertiary/aromatic N) is 2. The molecule has 28 heavy (non-hydrogen) atoms. The highest BCUT2D eigenvalue weighted by Gasteiger charge is 2.48. The van der Waals surface area contributed by atoms with Gasteiger partial charge in [-0.15, -0.1) is 0 Å². The first-order valence-corrected chi connectivity index (χ1v) is 9.60. The number of benzene rings is 2. The van der Waals surface area contributed by atoms with Gasteiger partial charge in [-0.25, -0.2) is 8.78 Å². The second-order valence-corrected chi connectivity index (χ2v) is 7.54. The van der Waals surface area contributed by atoms with Crippen molar-refractivity contribution in [3.05, 3.63) is 71.3 Å². The maximum atomic E-state index is 13.7. The minimum atomic E-state index is -0.642. The topological polar surface area (TPSA) is 40.6 Å². The monoisotopic (exact) mass is 384 g/mol. The Balaban J connectivity index is 1.44. The fourth-order valence-corrected chi connectivity index (χ4v) is 4.16. The molecular formula is C22H22F2N2O2. The molecule has 0 N–H and O–H groups in total. The first kappa shape index (κ1) is 18.6. The largest absolute Gasteiger partial charge is 0.338 e. The van der Waals surface area contributed by atoms with Crippen LogP contribution in [0.3, 0.4) is 0 Å². The van der Waals surface area contributed by atoms with Crippen molar-refractivity contribution in [2.75, 3.05) is 26.2 Å². The van der Waals surface area contributed by atoms with Crippen molar-refractivity contribution < 1.29 is 18.4 Å². The van der Waals surface area contributed by atoms with E-state index in [0.717, 1.165) is 24.8 Å². The molecule has 1 saturated carbocycles. The lowest BCUT2D eigenvalue weighted by atomic mass is 9.63. The smallest absolute Gasteiger partial charge is 0.254 e. The zero-order valence-corrected chi connectivity index (χ0v) is 15.5. The van der Waals surface area contributed by atoms with Crippen molar-refractivity contribution >= 4 is 11.8 Å². The minimum absolute atomic E-state index is 0.0159. The van der Waals surface area contributed by atoms with Crippen LogP contribution in [0.25, 0.3) is 0 Å². The zero-order valence-electron chi connectivity index (χ0n) is 15.5. The first-order valence-electron chi connectivity index (χ1n) is 9.60. The number of rotatable bonds is 3. The molecular weight excluding hydrogens is 362 g/mol. The molecule has 1 aliphatic heterocycles. The van der Waals surface area contributed by atoms with E-state index in [2.05, 4.69) is 0 Å². The van der Waals surface area contributed by atoms with Gasteiger partial charge in [-0.2, -0.15) is 0 Å². The normalized spacial score (nSPS) is 18.5. The second kappa shape index (κ2) is 7.34. The van der Waals surface area contributed by atoms with Gasteiger partial charge in [0.15, 0.2) is 0 Å². The Bertz CT molecular complexity index is 903. The Kier molecular flexibility index (Phi) is 4.87. The van der Waals surface area contributed by atoms with Gasteiger partial charge in [0.1, 0.15) is 11.6 Å². The van der Waals surface area contributed by atoms with Crippen molar-refractivity contribution in [3.8, 4) is 0 Å². The molecule has 2 aliphatic rings. The molecule has 0 radical (unpaired) electrons. The maximum Gasteiger partial charge on any atom is 0.254 e. The summed E-state index contributed by atoms with van der Waals surface area (Å²) < 4.78 is 27.1. The third-order valence-electron chi connectivity index (χ3n) is 5.92. The molecule has 146 valence electrons. The lowest BCUT2D eigenvalue weighted by molar-refractivity contribution is -0.142. The summed E-state index contributed by atoms with van der Waals surface area (Å²) in [6.07, 6.45) is 2.38. The number of carbonyl (C=O) groups excluding carboxylic acids is 2. The van der Waals surface area contributed by atoms with Gasteiger partial charge in [0.05, 0.1) is 5.41 Å².